The second kappa shape index (κ2) is 4.90. The van der Waals surface area contributed by atoms with Gasteiger partial charge in [0, 0.05) is 31.6 Å². The first kappa shape index (κ1) is 12.0. The van der Waals surface area contributed by atoms with Gasteiger partial charge in [0.2, 0.25) is 5.76 Å². The Balaban J connectivity index is 1.73. The molecular weight excluding hydrogens is 242 g/mol. The lowest BCUT2D eigenvalue weighted by Gasteiger charge is -2.25. The summed E-state index contributed by atoms with van der Waals surface area (Å²) in [5.74, 6) is -0.128. The number of hydrogen-bond acceptors (Lipinski definition) is 3. The van der Waals surface area contributed by atoms with Crippen LogP contribution in [0.3, 0.4) is 0 Å². The van der Waals surface area contributed by atoms with Crippen molar-refractivity contribution in [2.45, 2.75) is 19.5 Å². The van der Waals surface area contributed by atoms with Crippen LogP contribution in [0.5, 0.6) is 0 Å². The van der Waals surface area contributed by atoms with E-state index in [1.54, 1.807) is 6.07 Å². The predicted molar refractivity (Wildman–Crippen MR) is 69.9 cm³/mol. The number of carboxylic acids is 1. The van der Waals surface area contributed by atoms with Gasteiger partial charge in [-0.25, -0.2) is 4.79 Å². The summed E-state index contributed by atoms with van der Waals surface area (Å²) < 4.78 is 5.34. The molecule has 0 spiro atoms. The summed E-state index contributed by atoms with van der Waals surface area (Å²) in [5.41, 5.74) is 2.27. The summed E-state index contributed by atoms with van der Waals surface area (Å²) in [5, 5.41) is 8.93. The number of rotatable bonds is 3. The van der Waals surface area contributed by atoms with Crippen molar-refractivity contribution in [3.8, 4) is 0 Å². The number of furan rings is 1. The Labute approximate surface area is 111 Å². The lowest BCUT2D eigenvalue weighted by molar-refractivity contribution is 0.0660. The number of carbonyl (C=O) groups is 1. The average molecular weight is 257 g/mol. The molecule has 0 bridgehead atoms. The molecule has 0 fully saturated rings. The first-order valence-electron chi connectivity index (χ1n) is 6.33. The van der Waals surface area contributed by atoms with Gasteiger partial charge in [0.25, 0.3) is 0 Å². The van der Waals surface area contributed by atoms with Crippen LogP contribution >= 0.6 is 0 Å². The van der Waals surface area contributed by atoms with E-state index in [1.165, 1.54) is 5.56 Å². The van der Waals surface area contributed by atoms with Gasteiger partial charge in [0.05, 0.1) is 0 Å². The van der Waals surface area contributed by atoms with E-state index in [1.807, 2.05) is 18.2 Å². The molecule has 0 radical (unpaired) electrons. The third-order valence-electron chi connectivity index (χ3n) is 3.41. The van der Waals surface area contributed by atoms with Crippen LogP contribution in [0.4, 0.5) is 0 Å². The van der Waals surface area contributed by atoms with Crippen LogP contribution in [0.1, 0.15) is 27.4 Å². The highest BCUT2D eigenvalue weighted by Gasteiger charge is 2.22. The van der Waals surface area contributed by atoms with E-state index in [0.717, 1.165) is 37.4 Å². The molecule has 4 nitrogen and oxygen atoms in total. The van der Waals surface area contributed by atoms with Crippen molar-refractivity contribution in [2.24, 2.45) is 0 Å². The van der Waals surface area contributed by atoms with Crippen LogP contribution in [0.2, 0.25) is 0 Å². The molecule has 0 aliphatic carbocycles. The summed E-state index contributed by atoms with van der Waals surface area (Å²) >= 11 is 0. The summed E-state index contributed by atoms with van der Waals surface area (Å²) in [6.45, 7) is 2.53. The molecular formula is C15H15NO3. The number of hydrogen-bond donors (Lipinski definition) is 1. The fourth-order valence-corrected chi connectivity index (χ4v) is 2.47. The number of nitrogens with zero attached hydrogens (tertiary/aromatic N) is 1. The number of carboxylic acid groups (broad SMARTS) is 1. The average Bonchev–Trinajstić information content (AvgIpc) is 2.83. The second-order valence-corrected chi connectivity index (χ2v) is 4.81. The van der Waals surface area contributed by atoms with Crippen LogP contribution < -0.4 is 0 Å². The Morgan fingerprint density at radius 2 is 2.11 bits per heavy atom. The number of aromatic carboxylic acids is 1. The number of benzene rings is 1. The quantitative estimate of drug-likeness (QED) is 0.918. The van der Waals surface area contributed by atoms with Crippen molar-refractivity contribution in [1.82, 2.24) is 4.90 Å². The van der Waals surface area contributed by atoms with Crippen molar-refractivity contribution < 1.29 is 14.3 Å². The van der Waals surface area contributed by atoms with E-state index < -0.39 is 5.97 Å². The van der Waals surface area contributed by atoms with E-state index >= 15 is 0 Å². The monoisotopic (exact) mass is 257 g/mol. The lowest BCUT2D eigenvalue weighted by atomic mass is 10.1. The van der Waals surface area contributed by atoms with Gasteiger partial charge in [-0.1, -0.05) is 30.3 Å². The van der Waals surface area contributed by atoms with Gasteiger partial charge >= 0.3 is 5.97 Å². The second-order valence-electron chi connectivity index (χ2n) is 4.81. The van der Waals surface area contributed by atoms with Crippen molar-refractivity contribution >= 4 is 5.97 Å². The Bertz CT molecular complexity index is 589. The van der Waals surface area contributed by atoms with Crippen molar-refractivity contribution in [1.29, 1.82) is 0 Å². The Morgan fingerprint density at radius 3 is 2.84 bits per heavy atom. The summed E-state index contributed by atoms with van der Waals surface area (Å²) in [6, 6.07) is 11.9. The molecule has 3 rings (SSSR count). The lowest BCUT2D eigenvalue weighted by Crippen LogP contribution is -2.29. The fraction of sp³-hybridized carbons (Fsp3) is 0.267. The minimum atomic E-state index is -0.996. The van der Waals surface area contributed by atoms with Crippen LogP contribution in [-0.2, 0) is 19.5 Å². The van der Waals surface area contributed by atoms with E-state index in [9.17, 15) is 4.79 Å². The van der Waals surface area contributed by atoms with Gasteiger partial charge < -0.3 is 9.52 Å². The molecule has 0 saturated carbocycles. The maximum Gasteiger partial charge on any atom is 0.371 e. The van der Waals surface area contributed by atoms with Gasteiger partial charge in [0.15, 0.2) is 0 Å². The summed E-state index contributed by atoms with van der Waals surface area (Å²) in [7, 11) is 0. The molecule has 98 valence electrons. The third-order valence-corrected chi connectivity index (χ3v) is 3.41. The molecule has 2 heterocycles. The SMILES string of the molecule is O=C(O)c1cc2c(o1)CCN(Cc1ccccc1)C2. The van der Waals surface area contributed by atoms with E-state index in [0.29, 0.717) is 0 Å². The normalized spacial score (nSPS) is 15.2. The van der Waals surface area contributed by atoms with Crippen LogP contribution in [-0.4, -0.2) is 22.5 Å². The standard InChI is InChI=1S/C15H15NO3/c17-15(18)14-8-12-10-16(7-6-13(12)19-14)9-11-4-2-1-3-5-11/h1-5,8H,6-7,9-10H2,(H,17,18). The number of fused-ring (bicyclic) bond motifs is 1. The smallest absolute Gasteiger partial charge is 0.371 e. The Hall–Kier alpha value is -2.07. The van der Waals surface area contributed by atoms with Crippen LogP contribution in [0, 0.1) is 0 Å². The fourth-order valence-electron chi connectivity index (χ4n) is 2.47. The molecule has 1 aromatic carbocycles. The third kappa shape index (κ3) is 2.53. The van der Waals surface area contributed by atoms with Crippen LogP contribution in [0.15, 0.2) is 40.8 Å². The Morgan fingerprint density at radius 1 is 1.32 bits per heavy atom. The molecule has 2 aromatic rings. The molecule has 1 aliphatic heterocycles. The summed E-state index contributed by atoms with van der Waals surface area (Å²) in [6.07, 6.45) is 0.773. The highest BCUT2D eigenvalue weighted by Crippen LogP contribution is 2.24. The summed E-state index contributed by atoms with van der Waals surface area (Å²) in [4.78, 5) is 13.2. The molecule has 0 saturated heterocycles. The van der Waals surface area contributed by atoms with Gasteiger partial charge in [-0.2, -0.15) is 0 Å². The van der Waals surface area contributed by atoms with Gasteiger partial charge in [-0.05, 0) is 11.6 Å². The highest BCUT2D eigenvalue weighted by atomic mass is 16.4. The Kier molecular flexibility index (Phi) is 3.09. The van der Waals surface area contributed by atoms with Crippen molar-refractivity contribution in [3.63, 3.8) is 0 Å². The molecule has 0 atom stereocenters. The largest absolute Gasteiger partial charge is 0.475 e. The minimum absolute atomic E-state index is 0.0477. The van der Waals surface area contributed by atoms with E-state index in [-0.39, 0.29) is 5.76 Å². The topological polar surface area (TPSA) is 53.7 Å². The van der Waals surface area contributed by atoms with Crippen molar-refractivity contribution in [3.05, 3.63) is 59.0 Å². The maximum atomic E-state index is 10.9. The molecule has 0 unspecified atom stereocenters. The van der Waals surface area contributed by atoms with Gasteiger partial charge in [-0.15, -0.1) is 0 Å². The van der Waals surface area contributed by atoms with E-state index in [4.69, 9.17) is 9.52 Å². The molecule has 4 heteroatoms. The van der Waals surface area contributed by atoms with E-state index in [2.05, 4.69) is 17.0 Å². The van der Waals surface area contributed by atoms with Crippen molar-refractivity contribution in [2.75, 3.05) is 6.54 Å². The van der Waals surface area contributed by atoms with Gasteiger partial charge in [0.1, 0.15) is 5.76 Å². The molecule has 0 amide bonds. The zero-order valence-electron chi connectivity index (χ0n) is 10.5. The molecule has 1 aromatic heterocycles. The van der Waals surface area contributed by atoms with Crippen LogP contribution in [0.25, 0.3) is 0 Å². The highest BCUT2D eigenvalue weighted by molar-refractivity contribution is 5.84. The first-order valence-corrected chi connectivity index (χ1v) is 6.33. The minimum Gasteiger partial charge on any atom is -0.475 e. The zero-order chi connectivity index (χ0) is 13.2. The molecule has 1 N–H and O–H groups in total. The maximum absolute atomic E-state index is 10.9. The predicted octanol–water partition coefficient (Wildman–Crippen LogP) is 2.54. The molecule has 19 heavy (non-hydrogen) atoms. The molecule has 1 aliphatic rings. The zero-order valence-corrected chi connectivity index (χ0v) is 10.5. The van der Waals surface area contributed by atoms with Gasteiger partial charge in [-0.3, -0.25) is 4.90 Å². The first-order chi connectivity index (χ1) is 9.22.